The van der Waals surface area contributed by atoms with Gasteiger partial charge in [0.1, 0.15) is 5.82 Å². The Morgan fingerprint density at radius 3 is 2.03 bits per heavy atom. The van der Waals surface area contributed by atoms with E-state index < -0.39 is 17.5 Å². The van der Waals surface area contributed by atoms with E-state index >= 15 is 0 Å². The Labute approximate surface area is 185 Å². The van der Waals surface area contributed by atoms with Crippen molar-refractivity contribution in [3.05, 3.63) is 94.6 Å². The summed E-state index contributed by atoms with van der Waals surface area (Å²) in [6.45, 7) is 1.77. The van der Waals surface area contributed by atoms with Gasteiger partial charge in [-0.2, -0.15) is 0 Å². The van der Waals surface area contributed by atoms with Crippen LogP contribution in [-0.2, 0) is 0 Å². The molecule has 5 rings (SSSR count). The van der Waals surface area contributed by atoms with Crippen LogP contribution >= 0.6 is 0 Å². The van der Waals surface area contributed by atoms with Crippen LogP contribution in [0.5, 0.6) is 0 Å². The van der Waals surface area contributed by atoms with Gasteiger partial charge in [-0.25, -0.2) is 17.6 Å². The van der Waals surface area contributed by atoms with Crippen molar-refractivity contribution in [3.63, 3.8) is 0 Å². The largest absolute Gasteiger partial charge is 0.292 e. The number of piperidine rings is 1. The standard InChI is InChI=1S/C27H25F4N/c28-21-9-6-18(7-10-21)27(32-12-2-1-3-13-32)22-11-8-19(17-4-5-17)14-23(22)20-15-24(29)26(31)25(30)16-20/h6-11,14-17,27H,1-5,12-13H2. The summed E-state index contributed by atoms with van der Waals surface area (Å²) in [5, 5.41) is 0. The van der Waals surface area contributed by atoms with Gasteiger partial charge in [0.25, 0.3) is 0 Å². The van der Waals surface area contributed by atoms with Gasteiger partial charge in [-0.1, -0.05) is 36.8 Å². The molecule has 3 aromatic rings. The second-order valence-corrected chi connectivity index (χ2v) is 8.93. The summed E-state index contributed by atoms with van der Waals surface area (Å²) in [6.07, 6.45) is 5.48. The van der Waals surface area contributed by atoms with Crippen LogP contribution in [0.25, 0.3) is 11.1 Å². The van der Waals surface area contributed by atoms with Gasteiger partial charge in [0, 0.05) is 0 Å². The highest BCUT2D eigenvalue weighted by molar-refractivity contribution is 5.70. The van der Waals surface area contributed by atoms with Crippen molar-refractivity contribution in [2.24, 2.45) is 0 Å². The van der Waals surface area contributed by atoms with E-state index in [1.807, 2.05) is 12.1 Å². The minimum atomic E-state index is -1.46. The highest BCUT2D eigenvalue weighted by atomic mass is 19.2. The predicted molar refractivity (Wildman–Crippen MR) is 117 cm³/mol. The lowest BCUT2D eigenvalue weighted by Gasteiger charge is -2.36. The summed E-state index contributed by atoms with van der Waals surface area (Å²) in [5.74, 6) is -3.70. The zero-order chi connectivity index (χ0) is 22.2. The minimum absolute atomic E-state index is 0.185. The van der Waals surface area contributed by atoms with Gasteiger partial charge in [0.05, 0.1) is 6.04 Å². The zero-order valence-corrected chi connectivity index (χ0v) is 17.8. The second-order valence-electron chi connectivity index (χ2n) is 8.93. The van der Waals surface area contributed by atoms with E-state index in [-0.39, 0.29) is 11.9 Å². The first-order chi connectivity index (χ1) is 15.5. The molecule has 1 aliphatic carbocycles. The van der Waals surface area contributed by atoms with E-state index in [0.717, 1.165) is 74.0 Å². The fourth-order valence-electron chi connectivity index (χ4n) is 4.85. The first-order valence-electron chi connectivity index (χ1n) is 11.3. The molecule has 1 aliphatic heterocycles. The summed E-state index contributed by atoms with van der Waals surface area (Å²) in [5.41, 5.74) is 3.98. The van der Waals surface area contributed by atoms with E-state index in [1.165, 1.54) is 12.1 Å². The van der Waals surface area contributed by atoms with Crippen molar-refractivity contribution < 1.29 is 17.6 Å². The Balaban J connectivity index is 1.69. The molecule has 1 nitrogen and oxygen atoms in total. The maximum atomic E-state index is 14.2. The number of nitrogens with zero attached hydrogens (tertiary/aromatic N) is 1. The second kappa shape index (κ2) is 8.70. The topological polar surface area (TPSA) is 3.24 Å². The summed E-state index contributed by atoms with van der Waals surface area (Å²) in [6, 6.07) is 14.5. The zero-order valence-electron chi connectivity index (χ0n) is 17.8. The molecule has 1 saturated carbocycles. The highest BCUT2D eigenvalue weighted by Crippen LogP contribution is 2.44. The van der Waals surface area contributed by atoms with Crippen LogP contribution in [0, 0.1) is 23.3 Å². The number of hydrogen-bond acceptors (Lipinski definition) is 1. The maximum absolute atomic E-state index is 14.2. The van der Waals surface area contributed by atoms with Crippen LogP contribution in [0.2, 0.25) is 0 Å². The third-order valence-electron chi connectivity index (χ3n) is 6.66. The van der Waals surface area contributed by atoms with Gasteiger partial charge in [0.2, 0.25) is 0 Å². The van der Waals surface area contributed by atoms with Crippen LogP contribution in [0.3, 0.4) is 0 Å². The molecule has 3 aromatic carbocycles. The van der Waals surface area contributed by atoms with Crippen molar-refractivity contribution >= 4 is 0 Å². The molecule has 0 spiro atoms. The quantitative estimate of drug-likeness (QED) is 0.296. The van der Waals surface area contributed by atoms with Crippen LogP contribution < -0.4 is 0 Å². The minimum Gasteiger partial charge on any atom is -0.292 e. The molecule has 0 radical (unpaired) electrons. The Bertz CT molecular complexity index is 1090. The SMILES string of the molecule is Fc1ccc(C(c2ccc(C3CC3)cc2-c2cc(F)c(F)c(F)c2)N2CCCCC2)cc1. The Kier molecular flexibility index (Phi) is 5.76. The molecule has 1 saturated heterocycles. The van der Waals surface area contributed by atoms with Crippen LogP contribution in [0.15, 0.2) is 54.6 Å². The molecule has 2 aliphatic rings. The van der Waals surface area contributed by atoms with Gasteiger partial charge in [-0.05, 0) is 96.8 Å². The van der Waals surface area contributed by atoms with Gasteiger partial charge in [0.15, 0.2) is 17.5 Å². The van der Waals surface area contributed by atoms with Crippen molar-refractivity contribution in [2.75, 3.05) is 13.1 Å². The van der Waals surface area contributed by atoms with E-state index in [4.69, 9.17) is 0 Å². The molecule has 0 bridgehead atoms. The molecular formula is C27H25F4N. The molecule has 0 N–H and O–H groups in total. The monoisotopic (exact) mass is 439 g/mol. The van der Waals surface area contributed by atoms with E-state index in [9.17, 15) is 17.6 Å². The number of benzene rings is 3. The Hall–Kier alpha value is -2.66. The van der Waals surface area contributed by atoms with E-state index in [2.05, 4.69) is 11.0 Å². The van der Waals surface area contributed by atoms with Crippen LogP contribution in [0.4, 0.5) is 17.6 Å². The highest BCUT2D eigenvalue weighted by Gasteiger charge is 2.29. The van der Waals surface area contributed by atoms with Crippen LogP contribution in [0.1, 0.15) is 60.8 Å². The number of halogens is 4. The molecule has 2 fully saturated rings. The van der Waals surface area contributed by atoms with Crippen molar-refractivity contribution in [2.45, 2.75) is 44.1 Å². The average molecular weight is 439 g/mol. The fraction of sp³-hybridized carbons (Fsp3) is 0.333. The van der Waals surface area contributed by atoms with E-state index in [0.29, 0.717) is 17.0 Å². The molecule has 1 heterocycles. The molecular weight excluding hydrogens is 414 g/mol. The first-order valence-corrected chi connectivity index (χ1v) is 11.3. The maximum Gasteiger partial charge on any atom is 0.194 e. The predicted octanol–water partition coefficient (Wildman–Crippen LogP) is 7.36. The lowest BCUT2D eigenvalue weighted by Crippen LogP contribution is -2.34. The lowest BCUT2D eigenvalue weighted by atomic mass is 9.87. The van der Waals surface area contributed by atoms with Crippen LogP contribution in [-0.4, -0.2) is 18.0 Å². The molecule has 166 valence electrons. The Morgan fingerprint density at radius 1 is 0.750 bits per heavy atom. The van der Waals surface area contributed by atoms with Crippen molar-refractivity contribution in [3.8, 4) is 11.1 Å². The average Bonchev–Trinajstić information content (AvgIpc) is 3.65. The number of likely N-dealkylation sites (tertiary alicyclic amines) is 1. The van der Waals surface area contributed by atoms with Gasteiger partial charge >= 0.3 is 0 Å². The molecule has 32 heavy (non-hydrogen) atoms. The number of rotatable bonds is 5. The van der Waals surface area contributed by atoms with Crippen molar-refractivity contribution in [1.82, 2.24) is 4.90 Å². The van der Waals surface area contributed by atoms with Gasteiger partial charge in [-0.15, -0.1) is 0 Å². The van der Waals surface area contributed by atoms with Gasteiger partial charge in [-0.3, -0.25) is 4.90 Å². The summed E-state index contributed by atoms with van der Waals surface area (Å²) < 4.78 is 55.8. The molecule has 1 atom stereocenters. The summed E-state index contributed by atoms with van der Waals surface area (Å²) >= 11 is 0. The first kappa shape index (κ1) is 21.2. The molecule has 1 unspecified atom stereocenters. The van der Waals surface area contributed by atoms with Crippen molar-refractivity contribution in [1.29, 1.82) is 0 Å². The molecule has 0 amide bonds. The van der Waals surface area contributed by atoms with Gasteiger partial charge < -0.3 is 0 Å². The summed E-state index contributed by atoms with van der Waals surface area (Å²) in [4.78, 5) is 2.35. The number of hydrogen-bond donors (Lipinski definition) is 0. The van der Waals surface area contributed by atoms with E-state index in [1.54, 1.807) is 12.1 Å². The summed E-state index contributed by atoms with van der Waals surface area (Å²) in [7, 11) is 0. The third-order valence-corrected chi connectivity index (χ3v) is 6.66. The lowest BCUT2D eigenvalue weighted by molar-refractivity contribution is 0.187. The molecule has 5 heteroatoms. The molecule has 0 aromatic heterocycles. The Morgan fingerprint density at radius 2 is 1.41 bits per heavy atom. The normalized spacial score (nSPS) is 18.0. The fourth-order valence-corrected chi connectivity index (χ4v) is 4.85. The smallest absolute Gasteiger partial charge is 0.194 e. The third kappa shape index (κ3) is 4.18.